The molecule has 0 spiro atoms. The van der Waals surface area contributed by atoms with Gasteiger partial charge >= 0.3 is 6.09 Å². The number of ether oxygens (including phenoxy) is 2. The fourth-order valence-electron chi connectivity index (χ4n) is 3.45. The molecule has 1 aliphatic rings. The van der Waals surface area contributed by atoms with Crippen LogP contribution in [-0.2, 0) is 4.74 Å². The van der Waals surface area contributed by atoms with Gasteiger partial charge in [0.2, 0.25) is 0 Å². The zero-order chi connectivity index (χ0) is 23.0. The van der Waals surface area contributed by atoms with E-state index in [0.29, 0.717) is 23.7 Å². The molecule has 1 fully saturated rings. The van der Waals surface area contributed by atoms with Gasteiger partial charge in [-0.15, -0.1) is 0 Å². The Morgan fingerprint density at radius 1 is 1.23 bits per heavy atom. The summed E-state index contributed by atoms with van der Waals surface area (Å²) in [5.41, 5.74) is 7.32. The number of hydrogen-bond acceptors (Lipinski definition) is 6. The van der Waals surface area contributed by atoms with E-state index in [-0.39, 0.29) is 24.2 Å². The summed E-state index contributed by atoms with van der Waals surface area (Å²) in [6, 6.07) is 4.61. The molecular weight excluding hydrogens is 399 g/mol. The van der Waals surface area contributed by atoms with E-state index in [1.165, 1.54) is 22.4 Å². The number of nitrogens with zero attached hydrogens (tertiary/aromatic N) is 2. The average Bonchev–Trinajstić information content (AvgIpc) is 2.73. The number of halogens is 1. The lowest BCUT2D eigenvalue weighted by Crippen LogP contribution is -2.34. The molecule has 1 aliphatic carbocycles. The first-order chi connectivity index (χ1) is 14.7. The molecule has 1 aromatic rings. The van der Waals surface area contributed by atoms with Gasteiger partial charge in [0.15, 0.2) is 11.6 Å². The van der Waals surface area contributed by atoms with Crippen LogP contribution in [0.2, 0.25) is 0 Å². The van der Waals surface area contributed by atoms with Crippen LogP contribution in [0.4, 0.5) is 9.18 Å². The fourth-order valence-corrected chi connectivity index (χ4v) is 3.45. The van der Waals surface area contributed by atoms with Crippen molar-refractivity contribution in [3.05, 3.63) is 35.3 Å². The number of carbonyl (C=O) groups is 1. The predicted molar refractivity (Wildman–Crippen MR) is 120 cm³/mol. The Morgan fingerprint density at radius 3 is 2.48 bits per heavy atom. The minimum absolute atomic E-state index is 0.0554. The number of hydrazine groups is 1. The van der Waals surface area contributed by atoms with Crippen LogP contribution in [0.25, 0.3) is 5.70 Å². The third-order valence-corrected chi connectivity index (χ3v) is 5.51. The Bertz CT molecular complexity index is 761. The smallest absolute Gasteiger partial charge is 0.409 e. The van der Waals surface area contributed by atoms with Crippen LogP contribution in [0, 0.1) is 11.7 Å². The van der Waals surface area contributed by atoms with Crippen molar-refractivity contribution in [3.63, 3.8) is 0 Å². The lowest BCUT2D eigenvalue weighted by molar-refractivity contribution is 0.112. The fraction of sp³-hybridized carbons (Fsp3) is 0.609. The van der Waals surface area contributed by atoms with Crippen molar-refractivity contribution in [2.45, 2.75) is 58.5 Å². The number of amides is 1. The van der Waals surface area contributed by atoms with Crippen LogP contribution in [-0.4, -0.2) is 49.4 Å². The van der Waals surface area contributed by atoms with E-state index in [1.807, 2.05) is 0 Å². The minimum atomic E-state index is -0.476. The Kier molecular flexibility index (Phi) is 9.43. The largest absolute Gasteiger partial charge is 0.487 e. The SMILES string of the molecule is CC(C)CCN(C)C(=O)OC/C(=C(/N)c1ccc(OC2CCCCC2)c(F)c1)N(C)N. The highest BCUT2D eigenvalue weighted by atomic mass is 19.1. The maximum atomic E-state index is 14.7. The molecule has 0 saturated heterocycles. The van der Waals surface area contributed by atoms with E-state index >= 15 is 0 Å². The summed E-state index contributed by atoms with van der Waals surface area (Å²) in [5.74, 6) is 6.13. The Morgan fingerprint density at radius 2 is 1.90 bits per heavy atom. The number of hydrogen-bond donors (Lipinski definition) is 2. The highest BCUT2D eigenvalue weighted by Gasteiger charge is 2.19. The lowest BCUT2D eigenvalue weighted by atomic mass is 9.98. The summed E-state index contributed by atoms with van der Waals surface area (Å²) in [5, 5.41) is 1.28. The normalized spacial score (nSPS) is 15.5. The molecular formula is C23H37FN4O3. The second kappa shape index (κ2) is 11.8. The lowest BCUT2D eigenvalue weighted by Gasteiger charge is -2.24. The van der Waals surface area contributed by atoms with E-state index in [0.717, 1.165) is 32.1 Å². The van der Waals surface area contributed by atoms with Crippen LogP contribution in [0.15, 0.2) is 23.9 Å². The van der Waals surface area contributed by atoms with Crippen LogP contribution in [0.5, 0.6) is 5.75 Å². The van der Waals surface area contributed by atoms with E-state index in [2.05, 4.69) is 13.8 Å². The topological polar surface area (TPSA) is 94.0 Å². The average molecular weight is 437 g/mol. The standard InChI is InChI=1S/C23H37FN4O3/c1-16(2)12-13-27(3)23(29)30-15-20(28(4)26)22(25)17-10-11-21(19(24)14-17)31-18-8-6-5-7-9-18/h10-11,14,16,18H,5-9,12-13,15,25-26H2,1-4H3/b22-20-. The Labute approximate surface area is 185 Å². The highest BCUT2D eigenvalue weighted by Crippen LogP contribution is 2.27. The van der Waals surface area contributed by atoms with Crippen molar-refractivity contribution in [1.82, 2.24) is 9.91 Å². The van der Waals surface area contributed by atoms with Gasteiger partial charge in [0, 0.05) is 26.2 Å². The molecule has 0 aromatic heterocycles. The molecule has 174 valence electrons. The number of benzene rings is 1. The van der Waals surface area contributed by atoms with Crippen LogP contribution >= 0.6 is 0 Å². The van der Waals surface area contributed by atoms with E-state index in [1.54, 1.807) is 26.2 Å². The third kappa shape index (κ3) is 7.61. The summed E-state index contributed by atoms with van der Waals surface area (Å²) >= 11 is 0. The van der Waals surface area contributed by atoms with Crippen molar-refractivity contribution in [3.8, 4) is 5.75 Å². The molecule has 1 amide bonds. The van der Waals surface area contributed by atoms with Gasteiger partial charge in [-0.2, -0.15) is 0 Å². The Hall–Kier alpha value is -2.48. The van der Waals surface area contributed by atoms with Gasteiger partial charge in [-0.25, -0.2) is 15.0 Å². The van der Waals surface area contributed by atoms with Crippen molar-refractivity contribution in [2.75, 3.05) is 27.2 Å². The van der Waals surface area contributed by atoms with Crippen LogP contribution in [0.3, 0.4) is 0 Å². The molecule has 1 aromatic carbocycles. The summed E-state index contributed by atoms with van der Waals surface area (Å²) in [7, 11) is 3.28. The summed E-state index contributed by atoms with van der Waals surface area (Å²) in [6.45, 7) is 4.66. The molecule has 7 nitrogen and oxygen atoms in total. The van der Waals surface area contributed by atoms with Crippen molar-refractivity contribution in [1.29, 1.82) is 0 Å². The molecule has 2 rings (SSSR count). The quantitative estimate of drug-likeness (QED) is 0.447. The predicted octanol–water partition coefficient (Wildman–Crippen LogP) is 4.08. The number of rotatable bonds is 9. The number of likely N-dealkylation sites (N-methyl/N-ethyl adjacent to an activating group) is 1. The van der Waals surface area contributed by atoms with Gasteiger partial charge in [-0.1, -0.05) is 20.3 Å². The van der Waals surface area contributed by atoms with Crippen molar-refractivity contribution in [2.24, 2.45) is 17.5 Å². The number of nitrogens with two attached hydrogens (primary N) is 2. The first-order valence-electron chi connectivity index (χ1n) is 11.0. The second-order valence-electron chi connectivity index (χ2n) is 8.65. The molecule has 0 heterocycles. The maximum absolute atomic E-state index is 14.7. The molecule has 0 bridgehead atoms. The molecule has 0 atom stereocenters. The Balaban J connectivity index is 2.07. The minimum Gasteiger partial charge on any atom is -0.487 e. The van der Waals surface area contributed by atoms with Crippen molar-refractivity contribution < 1.29 is 18.7 Å². The highest BCUT2D eigenvalue weighted by molar-refractivity contribution is 5.69. The van der Waals surface area contributed by atoms with Gasteiger partial charge in [-0.3, -0.25) is 0 Å². The van der Waals surface area contributed by atoms with Gasteiger partial charge in [0.05, 0.1) is 17.5 Å². The van der Waals surface area contributed by atoms with Gasteiger partial charge in [-0.05, 0) is 56.2 Å². The molecule has 1 saturated carbocycles. The molecule has 0 radical (unpaired) electrons. The molecule has 8 heteroatoms. The monoisotopic (exact) mass is 436 g/mol. The van der Waals surface area contributed by atoms with Gasteiger partial charge in [0.25, 0.3) is 0 Å². The van der Waals surface area contributed by atoms with Crippen molar-refractivity contribution >= 4 is 11.8 Å². The van der Waals surface area contributed by atoms with Gasteiger partial charge < -0.3 is 25.1 Å². The molecule has 0 aliphatic heterocycles. The summed E-state index contributed by atoms with van der Waals surface area (Å²) in [4.78, 5) is 13.7. The summed E-state index contributed by atoms with van der Waals surface area (Å²) in [6.07, 6.45) is 5.78. The van der Waals surface area contributed by atoms with E-state index in [4.69, 9.17) is 21.1 Å². The van der Waals surface area contributed by atoms with Gasteiger partial charge in [0.1, 0.15) is 6.61 Å². The van der Waals surface area contributed by atoms with E-state index < -0.39 is 11.9 Å². The first-order valence-corrected chi connectivity index (χ1v) is 11.0. The second-order valence-corrected chi connectivity index (χ2v) is 8.65. The maximum Gasteiger partial charge on any atom is 0.409 e. The molecule has 4 N–H and O–H groups in total. The molecule has 31 heavy (non-hydrogen) atoms. The zero-order valence-corrected chi connectivity index (χ0v) is 19.2. The zero-order valence-electron chi connectivity index (χ0n) is 19.2. The third-order valence-electron chi connectivity index (χ3n) is 5.51. The van der Waals surface area contributed by atoms with Crippen LogP contribution in [0.1, 0.15) is 57.9 Å². The van der Waals surface area contributed by atoms with E-state index in [9.17, 15) is 9.18 Å². The van der Waals surface area contributed by atoms with Crippen LogP contribution < -0.4 is 16.3 Å². The summed E-state index contributed by atoms with van der Waals surface area (Å²) < 4.78 is 25.9. The number of carbonyl (C=O) groups excluding carboxylic acids is 1. The molecule has 0 unspecified atom stereocenters. The first kappa shape index (κ1) is 24.8.